The standard InChI is InChI=1S/C22H18N6O2S/c29-19-16(14-11-24-21-12(14)5-10-31-21)17(20(30)27-19)18-13-3-1-2-4-15(13)25-22(26-18)28-8-6-23-7-9-28/h1-5,10-11,23-24H,6-9H2,(H,27,29,30). The maximum atomic E-state index is 13.0. The summed E-state index contributed by atoms with van der Waals surface area (Å²) in [5, 5.41) is 9.43. The highest BCUT2D eigenvalue weighted by molar-refractivity contribution is 7.16. The number of rotatable bonds is 3. The summed E-state index contributed by atoms with van der Waals surface area (Å²) >= 11 is 1.56. The summed E-state index contributed by atoms with van der Waals surface area (Å²) in [6, 6.07) is 9.56. The summed E-state index contributed by atoms with van der Waals surface area (Å²) in [5.41, 5.74) is 2.59. The van der Waals surface area contributed by atoms with E-state index >= 15 is 0 Å². The summed E-state index contributed by atoms with van der Waals surface area (Å²) < 4.78 is 0. The lowest BCUT2D eigenvalue weighted by Crippen LogP contribution is -2.44. The van der Waals surface area contributed by atoms with Crippen LogP contribution in [0.25, 0.3) is 32.3 Å². The molecule has 2 amide bonds. The fourth-order valence-corrected chi connectivity index (χ4v) is 5.03. The van der Waals surface area contributed by atoms with E-state index in [1.54, 1.807) is 17.5 Å². The number of nitrogens with one attached hydrogen (secondary N) is 3. The SMILES string of the molecule is O=C1NC(=O)C(c2c[nH]c3sccc23)=C1c1nc(N2CCNCC2)nc2ccccc12. The van der Waals surface area contributed by atoms with E-state index in [9.17, 15) is 9.59 Å². The predicted octanol–water partition coefficient (Wildman–Crippen LogP) is 2.15. The molecule has 1 saturated heterocycles. The van der Waals surface area contributed by atoms with E-state index in [2.05, 4.69) is 20.5 Å². The van der Waals surface area contributed by atoms with Gasteiger partial charge in [0.25, 0.3) is 11.8 Å². The molecule has 3 N–H and O–H groups in total. The van der Waals surface area contributed by atoms with Gasteiger partial charge in [-0.05, 0) is 17.5 Å². The monoisotopic (exact) mass is 430 g/mol. The number of carbonyl (C=O) groups is 2. The highest BCUT2D eigenvalue weighted by Crippen LogP contribution is 2.38. The molecule has 2 aliphatic heterocycles. The first-order valence-corrected chi connectivity index (χ1v) is 11.0. The highest BCUT2D eigenvalue weighted by atomic mass is 32.1. The van der Waals surface area contributed by atoms with E-state index in [1.807, 2.05) is 35.7 Å². The Hall–Kier alpha value is -3.56. The molecular weight excluding hydrogens is 412 g/mol. The third-order valence-corrected chi connectivity index (χ3v) is 6.58. The molecular formula is C22H18N6O2S. The number of piperazine rings is 1. The van der Waals surface area contributed by atoms with Crippen LogP contribution >= 0.6 is 11.3 Å². The van der Waals surface area contributed by atoms with Crippen LogP contribution in [0.4, 0.5) is 5.95 Å². The van der Waals surface area contributed by atoms with Gasteiger partial charge in [0.2, 0.25) is 5.95 Å². The number of thiophene rings is 1. The molecule has 0 saturated carbocycles. The Morgan fingerprint density at radius 2 is 1.74 bits per heavy atom. The molecule has 0 radical (unpaired) electrons. The second-order valence-electron chi connectivity index (χ2n) is 7.53. The summed E-state index contributed by atoms with van der Waals surface area (Å²) in [4.78, 5) is 41.7. The van der Waals surface area contributed by atoms with Gasteiger partial charge < -0.3 is 15.2 Å². The van der Waals surface area contributed by atoms with Crippen LogP contribution in [0.5, 0.6) is 0 Å². The van der Waals surface area contributed by atoms with Crippen molar-refractivity contribution in [3.63, 3.8) is 0 Å². The maximum Gasteiger partial charge on any atom is 0.261 e. The summed E-state index contributed by atoms with van der Waals surface area (Å²) in [6.45, 7) is 3.25. The molecule has 0 spiro atoms. The number of nitrogens with zero attached hydrogens (tertiary/aromatic N) is 3. The number of benzene rings is 1. The average molecular weight is 430 g/mol. The smallest absolute Gasteiger partial charge is 0.261 e. The average Bonchev–Trinajstić information content (AvgIpc) is 3.48. The minimum atomic E-state index is -0.431. The zero-order valence-electron chi connectivity index (χ0n) is 16.4. The lowest BCUT2D eigenvalue weighted by molar-refractivity contribution is -0.122. The maximum absolute atomic E-state index is 13.0. The molecule has 2 aliphatic rings. The molecule has 0 bridgehead atoms. The molecule has 0 atom stereocenters. The number of fused-ring (bicyclic) bond motifs is 2. The van der Waals surface area contributed by atoms with E-state index in [-0.39, 0.29) is 0 Å². The summed E-state index contributed by atoms with van der Waals surface area (Å²) in [5.74, 6) is -0.262. The predicted molar refractivity (Wildman–Crippen MR) is 121 cm³/mol. The molecule has 6 rings (SSSR count). The Bertz CT molecular complexity index is 1400. The Labute approximate surface area is 181 Å². The minimum absolute atomic E-state index is 0.298. The van der Waals surface area contributed by atoms with E-state index in [1.165, 1.54) is 0 Å². The first kappa shape index (κ1) is 18.2. The number of hydrogen-bond acceptors (Lipinski definition) is 7. The van der Waals surface area contributed by atoms with Gasteiger partial charge in [-0.25, -0.2) is 9.97 Å². The Morgan fingerprint density at radius 1 is 0.935 bits per heavy atom. The molecule has 1 aromatic carbocycles. The van der Waals surface area contributed by atoms with Gasteiger partial charge in [-0.1, -0.05) is 18.2 Å². The molecule has 154 valence electrons. The molecule has 0 aliphatic carbocycles. The molecule has 5 heterocycles. The van der Waals surface area contributed by atoms with Gasteiger partial charge in [-0.2, -0.15) is 0 Å². The van der Waals surface area contributed by atoms with Crippen LogP contribution in [0.2, 0.25) is 0 Å². The number of amides is 2. The van der Waals surface area contributed by atoms with Gasteiger partial charge >= 0.3 is 0 Å². The van der Waals surface area contributed by atoms with Crippen molar-refractivity contribution in [3.05, 3.63) is 53.2 Å². The first-order valence-electron chi connectivity index (χ1n) is 10.1. The topological polar surface area (TPSA) is 103 Å². The van der Waals surface area contributed by atoms with Crippen molar-refractivity contribution in [1.29, 1.82) is 0 Å². The number of aromatic nitrogens is 3. The van der Waals surface area contributed by atoms with Crippen molar-refractivity contribution >= 4 is 61.4 Å². The first-order chi connectivity index (χ1) is 15.2. The van der Waals surface area contributed by atoms with Crippen molar-refractivity contribution in [2.24, 2.45) is 0 Å². The van der Waals surface area contributed by atoms with Gasteiger partial charge in [0.05, 0.1) is 22.4 Å². The van der Waals surface area contributed by atoms with E-state index in [0.29, 0.717) is 28.4 Å². The van der Waals surface area contributed by atoms with Gasteiger partial charge in [0.1, 0.15) is 4.83 Å². The third-order valence-electron chi connectivity index (χ3n) is 5.73. The number of carbonyl (C=O) groups excluding carboxylic acids is 2. The Balaban J connectivity index is 1.63. The quantitative estimate of drug-likeness (QED) is 0.431. The van der Waals surface area contributed by atoms with Crippen LogP contribution in [0, 0.1) is 0 Å². The molecule has 1 fully saturated rings. The zero-order valence-corrected chi connectivity index (χ0v) is 17.3. The van der Waals surface area contributed by atoms with Gasteiger partial charge in [-0.3, -0.25) is 14.9 Å². The zero-order chi connectivity index (χ0) is 20.9. The minimum Gasteiger partial charge on any atom is -0.352 e. The number of hydrogen-bond donors (Lipinski definition) is 3. The highest BCUT2D eigenvalue weighted by Gasteiger charge is 2.36. The normalized spacial score (nSPS) is 17.2. The number of imide groups is 1. The molecule has 4 aromatic rings. The molecule has 9 heteroatoms. The lowest BCUT2D eigenvalue weighted by Gasteiger charge is -2.28. The molecule has 8 nitrogen and oxygen atoms in total. The van der Waals surface area contributed by atoms with Crippen molar-refractivity contribution in [2.45, 2.75) is 0 Å². The lowest BCUT2D eigenvalue weighted by atomic mass is 9.97. The molecule has 0 unspecified atom stereocenters. The largest absolute Gasteiger partial charge is 0.352 e. The van der Waals surface area contributed by atoms with E-state index < -0.39 is 11.8 Å². The summed E-state index contributed by atoms with van der Waals surface area (Å²) in [6.07, 6.45) is 1.79. The van der Waals surface area contributed by atoms with Crippen molar-refractivity contribution < 1.29 is 9.59 Å². The second-order valence-corrected chi connectivity index (χ2v) is 8.44. The number of H-pyrrole nitrogens is 1. The summed E-state index contributed by atoms with van der Waals surface area (Å²) in [7, 11) is 0. The number of aromatic amines is 1. The van der Waals surface area contributed by atoms with Crippen molar-refractivity contribution in [3.8, 4) is 0 Å². The van der Waals surface area contributed by atoms with E-state index in [4.69, 9.17) is 9.97 Å². The van der Waals surface area contributed by atoms with Crippen LogP contribution < -0.4 is 15.5 Å². The molecule has 31 heavy (non-hydrogen) atoms. The fourth-order valence-electron chi connectivity index (χ4n) is 4.25. The Kier molecular flexibility index (Phi) is 4.12. The van der Waals surface area contributed by atoms with Crippen molar-refractivity contribution in [1.82, 2.24) is 25.6 Å². The second kappa shape index (κ2) is 7.00. The fraction of sp³-hybridized carbons (Fsp3) is 0.182. The van der Waals surface area contributed by atoms with Crippen LogP contribution in [-0.2, 0) is 9.59 Å². The van der Waals surface area contributed by atoms with Gasteiger partial charge in [0.15, 0.2) is 0 Å². The molecule has 3 aromatic heterocycles. The van der Waals surface area contributed by atoms with Gasteiger partial charge in [-0.15, -0.1) is 11.3 Å². The van der Waals surface area contributed by atoms with Crippen LogP contribution in [0.15, 0.2) is 41.9 Å². The van der Waals surface area contributed by atoms with Crippen molar-refractivity contribution in [2.75, 3.05) is 31.1 Å². The Morgan fingerprint density at radius 3 is 2.61 bits per heavy atom. The number of para-hydroxylation sites is 1. The third kappa shape index (κ3) is 2.85. The van der Waals surface area contributed by atoms with Gasteiger partial charge in [0, 0.05) is 48.7 Å². The van der Waals surface area contributed by atoms with Crippen LogP contribution in [-0.4, -0.2) is 52.9 Å². The van der Waals surface area contributed by atoms with Crippen LogP contribution in [0.3, 0.4) is 0 Å². The number of anilines is 1. The van der Waals surface area contributed by atoms with Crippen LogP contribution in [0.1, 0.15) is 11.3 Å². The van der Waals surface area contributed by atoms with E-state index in [0.717, 1.165) is 47.3 Å².